The second-order valence-corrected chi connectivity index (χ2v) is 8.30. The maximum atomic E-state index is 13.0. The van der Waals surface area contributed by atoms with Gasteiger partial charge in [-0.25, -0.2) is 12.8 Å². The number of carbonyl (C=O) groups excluding carboxylic acids is 1. The molecule has 3 rings (SSSR count). The fourth-order valence-corrected chi connectivity index (χ4v) is 4.43. The fraction of sp³-hybridized carbons (Fsp3) is 0.278. The first kappa shape index (κ1) is 20.1. The Hall–Kier alpha value is -2.69. The highest BCUT2D eigenvalue weighted by Gasteiger charge is 2.30. The van der Waals surface area contributed by atoms with Gasteiger partial charge in [0.15, 0.2) is 5.78 Å². The molecule has 1 aliphatic rings. The van der Waals surface area contributed by atoms with E-state index in [9.17, 15) is 27.7 Å². The van der Waals surface area contributed by atoms with Crippen LogP contribution in [-0.2, 0) is 10.0 Å². The Kier molecular flexibility index (Phi) is 5.82. The summed E-state index contributed by atoms with van der Waals surface area (Å²) in [4.78, 5) is 24.2. The van der Waals surface area contributed by atoms with Gasteiger partial charge < -0.3 is 0 Å². The zero-order valence-electron chi connectivity index (χ0n) is 14.8. The van der Waals surface area contributed by atoms with Crippen molar-refractivity contribution in [1.29, 1.82) is 0 Å². The summed E-state index contributed by atoms with van der Waals surface area (Å²) in [6.45, 7) is 1.14. The lowest BCUT2D eigenvalue weighted by atomic mass is 10.1. The highest BCUT2D eigenvalue weighted by Crippen LogP contribution is 2.22. The average Bonchev–Trinajstić information content (AvgIpc) is 2.69. The number of non-ortho nitro benzene ring substituents is 1. The first-order valence-electron chi connectivity index (χ1n) is 8.53. The second-order valence-electron chi connectivity index (χ2n) is 6.36. The van der Waals surface area contributed by atoms with E-state index in [0.717, 1.165) is 6.07 Å². The predicted molar refractivity (Wildman–Crippen MR) is 99.0 cm³/mol. The summed E-state index contributed by atoms with van der Waals surface area (Å²) in [5.74, 6) is -0.591. The van der Waals surface area contributed by atoms with Crippen LogP contribution >= 0.6 is 0 Å². The third kappa shape index (κ3) is 4.41. The molecule has 0 bridgehead atoms. The highest BCUT2D eigenvalue weighted by atomic mass is 32.2. The van der Waals surface area contributed by atoms with Crippen LogP contribution in [0.1, 0.15) is 10.4 Å². The van der Waals surface area contributed by atoms with E-state index in [1.165, 1.54) is 46.8 Å². The van der Waals surface area contributed by atoms with Gasteiger partial charge in [-0.1, -0.05) is 6.07 Å². The molecule has 0 saturated carbocycles. The number of Topliss-reactive ketones (excluding diaryl/α,β-unsaturated/α-hetero) is 1. The first-order valence-corrected chi connectivity index (χ1v) is 9.97. The lowest BCUT2D eigenvalue weighted by Crippen LogP contribution is -2.49. The van der Waals surface area contributed by atoms with Gasteiger partial charge >= 0.3 is 0 Å². The summed E-state index contributed by atoms with van der Waals surface area (Å²) in [6.07, 6.45) is 0. The summed E-state index contributed by atoms with van der Waals surface area (Å²) < 4.78 is 39.7. The molecular weight excluding hydrogens is 389 g/mol. The molecule has 0 spiro atoms. The molecule has 2 aromatic carbocycles. The summed E-state index contributed by atoms with van der Waals surface area (Å²) in [6, 6.07) is 10.2. The molecule has 0 atom stereocenters. The maximum Gasteiger partial charge on any atom is 0.270 e. The van der Waals surface area contributed by atoms with Gasteiger partial charge in [0, 0.05) is 43.9 Å². The van der Waals surface area contributed by atoms with Crippen LogP contribution in [0.2, 0.25) is 0 Å². The molecule has 1 fully saturated rings. The van der Waals surface area contributed by atoms with E-state index in [1.807, 2.05) is 4.90 Å². The molecule has 28 heavy (non-hydrogen) atoms. The van der Waals surface area contributed by atoms with Crippen LogP contribution in [-0.4, -0.2) is 61.1 Å². The average molecular weight is 407 g/mol. The molecule has 0 aromatic heterocycles. The molecule has 0 aliphatic carbocycles. The normalized spacial score (nSPS) is 16.0. The van der Waals surface area contributed by atoms with Crippen LogP contribution in [0.5, 0.6) is 0 Å². The van der Waals surface area contributed by atoms with Gasteiger partial charge in [-0.2, -0.15) is 4.31 Å². The Labute approximate surface area is 161 Å². The van der Waals surface area contributed by atoms with E-state index in [4.69, 9.17) is 0 Å². The van der Waals surface area contributed by atoms with Crippen molar-refractivity contribution in [3.8, 4) is 0 Å². The number of sulfonamides is 1. The highest BCUT2D eigenvalue weighted by molar-refractivity contribution is 7.89. The van der Waals surface area contributed by atoms with Gasteiger partial charge in [-0.05, 0) is 30.3 Å². The van der Waals surface area contributed by atoms with Crippen LogP contribution in [0, 0.1) is 15.9 Å². The minimum absolute atomic E-state index is 0.107. The van der Waals surface area contributed by atoms with Crippen molar-refractivity contribution in [1.82, 2.24) is 9.21 Å². The number of nitro benzene ring substituents is 1. The van der Waals surface area contributed by atoms with Crippen LogP contribution in [0.15, 0.2) is 53.4 Å². The van der Waals surface area contributed by atoms with Crippen molar-refractivity contribution in [3.63, 3.8) is 0 Å². The Morgan fingerprint density at radius 3 is 2.32 bits per heavy atom. The van der Waals surface area contributed by atoms with Crippen molar-refractivity contribution in [3.05, 3.63) is 70.0 Å². The van der Waals surface area contributed by atoms with Gasteiger partial charge in [0.25, 0.3) is 5.69 Å². The molecule has 0 unspecified atom stereocenters. The number of hydrogen-bond donors (Lipinski definition) is 0. The van der Waals surface area contributed by atoms with Crippen LogP contribution in [0.4, 0.5) is 10.1 Å². The Morgan fingerprint density at radius 1 is 1.07 bits per heavy atom. The van der Waals surface area contributed by atoms with Crippen LogP contribution < -0.4 is 0 Å². The van der Waals surface area contributed by atoms with Gasteiger partial charge in [-0.3, -0.25) is 19.8 Å². The molecule has 2 aromatic rings. The van der Waals surface area contributed by atoms with Gasteiger partial charge in [-0.15, -0.1) is 0 Å². The van der Waals surface area contributed by atoms with E-state index >= 15 is 0 Å². The van der Waals surface area contributed by atoms with Crippen molar-refractivity contribution in [2.75, 3.05) is 32.7 Å². The van der Waals surface area contributed by atoms with E-state index in [1.54, 1.807) is 0 Å². The largest absolute Gasteiger partial charge is 0.293 e. The number of nitro groups is 1. The molecule has 1 heterocycles. The molecule has 0 radical (unpaired) electrons. The van der Waals surface area contributed by atoms with E-state index < -0.39 is 20.8 Å². The van der Waals surface area contributed by atoms with Crippen molar-refractivity contribution in [2.24, 2.45) is 0 Å². The molecule has 10 heteroatoms. The molecule has 1 aliphatic heterocycles. The summed E-state index contributed by atoms with van der Waals surface area (Å²) in [5, 5.41) is 10.9. The third-order valence-corrected chi connectivity index (χ3v) is 6.43. The minimum atomic E-state index is -3.85. The SMILES string of the molecule is O=C(CN1CCN(S(=O)(=O)c2cccc([N+](=O)[O-])c2)CC1)c1ccc(F)cc1. The van der Waals surface area contributed by atoms with Crippen LogP contribution in [0.3, 0.4) is 0 Å². The number of hydrogen-bond acceptors (Lipinski definition) is 6. The number of benzene rings is 2. The number of ketones is 1. The van der Waals surface area contributed by atoms with E-state index in [-0.39, 0.29) is 36.0 Å². The van der Waals surface area contributed by atoms with E-state index in [2.05, 4.69) is 0 Å². The number of halogens is 1. The quantitative estimate of drug-likeness (QED) is 0.412. The Morgan fingerprint density at radius 2 is 1.71 bits per heavy atom. The van der Waals surface area contributed by atoms with Crippen molar-refractivity contribution >= 4 is 21.5 Å². The Bertz CT molecular complexity index is 987. The number of nitrogens with zero attached hydrogens (tertiary/aromatic N) is 3. The van der Waals surface area contributed by atoms with Gasteiger partial charge in [0.05, 0.1) is 16.4 Å². The summed E-state index contributed by atoms with van der Waals surface area (Å²) >= 11 is 0. The number of piperazine rings is 1. The van der Waals surface area contributed by atoms with Crippen molar-refractivity contribution < 1.29 is 22.5 Å². The van der Waals surface area contributed by atoms with Crippen LogP contribution in [0.25, 0.3) is 0 Å². The zero-order valence-corrected chi connectivity index (χ0v) is 15.6. The Balaban J connectivity index is 1.63. The van der Waals surface area contributed by atoms with E-state index in [0.29, 0.717) is 18.7 Å². The smallest absolute Gasteiger partial charge is 0.270 e. The third-order valence-electron chi connectivity index (χ3n) is 4.53. The zero-order chi connectivity index (χ0) is 20.3. The number of rotatable bonds is 6. The topological polar surface area (TPSA) is 101 Å². The molecule has 148 valence electrons. The molecule has 8 nitrogen and oxygen atoms in total. The fourth-order valence-electron chi connectivity index (χ4n) is 2.96. The molecule has 0 N–H and O–H groups in total. The molecular formula is C18H18FN3O5S. The standard InChI is InChI=1S/C18H18FN3O5S/c19-15-6-4-14(5-7-15)18(23)13-20-8-10-21(11-9-20)28(26,27)17-3-1-2-16(12-17)22(24)25/h1-7,12H,8-11,13H2. The monoisotopic (exact) mass is 407 g/mol. The van der Waals surface area contributed by atoms with Crippen molar-refractivity contribution in [2.45, 2.75) is 4.90 Å². The molecule has 1 saturated heterocycles. The second kappa shape index (κ2) is 8.13. The van der Waals surface area contributed by atoms with Gasteiger partial charge in [0.1, 0.15) is 5.82 Å². The predicted octanol–water partition coefficient (Wildman–Crippen LogP) is 1.92. The lowest BCUT2D eigenvalue weighted by Gasteiger charge is -2.33. The maximum absolute atomic E-state index is 13.0. The molecule has 0 amide bonds. The summed E-state index contributed by atoms with van der Waals surface area (Å²) in [7, 11) is -3.85. The lowest BCUT2D eigenvalue weighted by molar-refractivity contribution is -0.385. The number of carbonyl (C=O) groups is 1. The summed E-state index contributed by atoms with van der Waals surface area (Å²) in [5.41, 5.74) is 0.109. The minimum Gasteiger partial charge on any atom is -0.293 e. The first-order chi connectivity index (χ1) is 13.3. The van der Waals surface area contributed by atoms with Gasteiger partial charge in [0.2, 0.25) is 10.0 Å².